The van der Waals surface area contributed by atoms with Crippen LogP contribution < -0.4 is 4.74 Å². The van der Waals surface area contributed by atoms with E-state index in [1.807, 2.05) is 0 Å². The number of aryl methyl sites for hydroxylation is 2. The Kier molecular flexibility index (Phi) is 4.12. The Bertz CT molecular complexity index is 698. The third-order valence-electron chi connectivity index (χ3n) is 3.17. The van der Waals surface area contributed by atoms with Crippen molar-refractivity contribution < 1.29 is 27.8 Å². The van der Waals surface area contributed by atoms with Crippen LogP contribution >= 0.6 is 0 Å². The largest absolute Gasteiger partial charge is 0.573 e. The predicted octanol–water partition coefficient (Wildman–Crippen LogP) is 4.57. The van der Waals surface area contributed by atoms with Crippen LogP contribution in [0.1, 0.15) is 21.5 Å². The van der Waals surface area contributed by atoms with E-state index in [2.05, 4.69) is 4.74 Å². The highest BCUT2D eigenvalue weighted by atomic mass is 19.4. The molecule has 0 aromatic heterocycles. The number of hydrogen-bond acceptors (Lipinski definition) is 2. The van der Waals surface area contributed by atoms with Crippen molar-refractivity contribution >= 4 is 5.97 Å². The molecule has 0 aliphatic rings. The quantitative estimate of drug-likeness (QED) is 0.903. The summed E-state index contributed by atoms with van der Waals surface area (Å²) in [4.78, 5) is 11.2. The summed E-state index contributed by atoms with van der Waals surface area (Å²) in [5.74, 6) is -1.39. The Morgan fingerprint density at radius 1 is 1.09 bits per heavy atom. The molecule has 0 aliphatic heterocycles. The second-order valence-electron chi connectivity index (χ2n) is 4.83. The zero-order chi connectivity index (χ0) is 16.5. The van der Waals surface area contributed by atoms with Crippen molar-refractivity contribution in [1.29, 1.82) is 0 Å². The third-order valence-corrected chi connectivity index (χ3v) is 3.17. The SMILES string of the molecule is Cc1cc(-c2ccccc2OC(F)(F)F)cc(C)c1C(=O)O. The number of carboxylic acids is 1. The van der Waals surface area contributed by atoms with Gasteiger partial charge < -0.3 is 9.84 Å². The van der Waals surface area contributed by atoms with Crippen LogP contribution in [-0.2, 0) is 0 Å². The number of alkyl halides is 3. The highest BCUT2D eigenvalue weighted by Gasteiger charge is 2.32. The average Bonchev–Trinajstić information content (AvgIpc) is 2.35. The number of halogens is 3. The number of hydrogen-bond donors (Lipinski definition) is 1. The van der Waals surface area contributed by atoms with Crippen LogP contribution in [0.25, 0.3) is 11.1 Å². The molecule has 116 valence electrons. The van der Waals surface area contributed by atoms with Gasteiger partial charge in [-0.2, -0.15) is 0 Å². The molecule has 6 heteroatoms. The van der Waals surface area contributed by atoms with Crippen molar-refractivity contribution in [3.63, 3.8) is 0 Å². The summed E-state index contributed by atoms with van der Waals surface area (Å²) in [6.45, 7) is 3.21. The minimum absolute atomic E-state index is 0.151. The lowest BCUT2D eigenvalue weighted by Crippen LogP contribution is -2.17. The lowest BCUT2D eigenvalue weighted by Gasteiger charge is -2.15. The molecule has 0 aliphatic carbocycles. The van der Waals surface area contributed by atoms with Gasteiger partial charge in [0.25, 0.3) is 0 Å². The first-order valence-corrected chi connectivity index (χ1v) is 6.38. The second-order valence-corrected chi connectivity index (χ2v) is 4.83. The fourth-order valence-electron chi connectivity index (χ4n) is 2.38. The minimum Gasteiger partial charge on any atom is -0.478 e. The molecular weight excluding hydrogens is 297 g/mol. The van der Waals surface area contributed by atoms with Crippen LogP contribution in [0.15, 0.2) is 36.4 Å². The molecule has 0 saturated carbocycles. The summed E-state index contributed by atoms with van der Waals surface area (Å²) in [7, 11) is 0. The average molecular weight is 310 g/mol. The van der Waals surface area contributed by atoms with Gasteiger partial charge in [-0.15, -0.1) is 13.2 Å². The van der Waals surface area contributed by atoms with Crippen molar-refractivity contribution in [2.45, 2.75) is 20.2 Å². The smallest absolute Gasteiger partial charge is 0.478 e. The lowest BCUT2D eigenvalue weighted by atomic mass is 9.95. The number of carbonyl (C=O) groups is 1. The summed E-state index contributed by atoms with van der Waals surface area (Å²) in [6, 6.07) is 8.82. The van der Waals surface area contributed by atoms with Crippen LogP contribution in [0.2, 0.25) is 0 Å². The molecule has 0 radical (unpaired) electrons. The van der Waals surface area contributed by atoms with Crippen LogP contribution in [0.3, 0.4) is 0 Å². The fourth-order valence-corrected chi connectivity index (χ4v) is 2.38. The maximum absolute atomic E-state index is 12.5. The van der Waals surface area contributed by atoms with E-state index in [4.69, 9.17) is 5.11 Å². The number of rotatable bonds is 3. The lowest BCUT2D eigenvalue weighted by molar-refractivity contribution is -0.274. The molecule has 0 saturated heterocycles. The van der Waals surface area contributed by atoms with E-state index in [9.17, 15) is 18.0 Å². The van der Waals surface area contributed by atoms with Crippen LogP contribution in [0, 0.1) is 13.8 Å². The number of benzene rings is 2. The highest BCUT2D eigenvalue weighted by Crippen LogP contribution is 2.35. The molecule has 2 aromatic rings. The normalized spacial score (nSPS) is 11.3. The summed E-state index contributed by atoms with van der Waals surface area (Å²) >= 11 is 0. The van der Waals surface area contributed by atoms with Gasteiger partial charge in [-0.1, -0.05) is 30.3 Å². The third kappa shape index (κ3) is 3.39. The number of para-hydroxylation sites is 1. The monoisotopic (exact) mass is 310 g/mol. The van der Waals surface area contributed by atoms with E-state index in [-0.39, 0.29) is 16.9 Å². The maximum Gasteiger partial charge on any atom is 0.573 e. The molecule has 2 rings (SSSR count). The summed E-state index contributed by atoms with van der Waals surface area (Å²) in [5, 5.41) is 9.14. The second kappa shape index (κ2) is 5.71. The zero-order valence-corrected chi connectivity index (χ0v) is 11.9. The standard InChI is InChI=1S/C16H13F3O3/c1-9-7-11(8-10(2)14(9)15(20)21)12-5-3-4-6-13(12)22-16(17,18)19/h3-8H,1-2H3,(H,20,21). The van der Waals surface area contributed by atoms with Gasteiger partial charge in [-0.25, -0.2) is 4.79 Å². The van der Waals surface area contributed by atoms with Crippen molar-refractivity contribution in [2.75, 3.05) is 0 Å². The Hall–Kier alpha value is -2.50. The Labute approximate surface area is 125 Å². The first-order chi connectivity index (χ1) is 10.2. The van der Waals surface area contributed by atoms with Gasteiger partial charge in [0.15, 0.2) is 0 Å². The molecule has 22 heavy (non-hydrogen) atoms. The molecule has 0 atom stereocenters. The van der Waals surface area contributed by atoms with Crippen LogP contribution in [0.4, 0.5) is 13.2 Å². The van der Waals surface area contributed by atoms with Crippen LogP contribution in [-0.4, -0.2) is 17.4 Å². The van der Waals surface area contributed by atoms with Gasteiger partial charge in [-0.05, 0) is 36.6 Å². The summed E-state index contributed by atoms with van der Waals surface area (Å²) in [5.41, 5.74) is 1.83. The molecule has 0 amide bonds. The fraction of sp³-hybridized carbons (Fsp3) is 0.188. The van der Waals surface area contributed by atoms with E-state index < -0.39 is 12.3 Å². The van der Waals surface area contributed by atoms with Gasteiger partial charge in [-0.3, -0.25) is 0 Å². The minimum atomic E-state index is -4.79. The van der Waals surface area contributed by atoms with Gasteiger partial charge >= 0.3 is 12.3 Å². The van der Waals surface area contributed by atoms with Gasteiger partial charge in [0.1, 0.15) is 5.75 Å². The first-order valence-electron chi connectivity index (χ1n) is 6.38. The van der Waals surface area contributed by atoms with Gasteiger partial charge in [0.05, 0.1) is 5.56 Å². The zero-order valence-electron chi connectivity index (χ0n) is 11.9. The molecule has 0 heterocycles. The van der Waals surface area contributed by atoms with Crippen molar-refractivity contribution in [2.24, 2.45) is 0 Å². The van der Waals surface area contributed by atoms with E-state index in [0.29, 0.717) is 16.7 Å². The van der Waals surface area contributed by atoms with Crippen molar-refractivity contribution in [3.8, 4) is 16.9 Å². The maximum atomic E-state index is 12.5. The van der Waals surface area contributed by atoms with E-state index >= 15 is 0 Å². The van der Waals surface area contributed by atoms with Crippen molar-refractivity contribution in [1.82, 2.24) is 0 Å². The highest BCUT2D eigenvalue weighted by molar-refractivity contribution is 5.92. The number of carboxylic acid groups (broad SMARTS) is 1. The predicted molar refractivity (Wildman–Crippen MR) is 75.0 cm³/mol. The molecule has 3 nitrogen and oxygen atoms in total. The molecule has 0 unspecified atom stereocenters. The molecule has 0 spiro atoms. The van der Waals surface area contributed by atoms with E-state index in [1.165, 1.54) is 30.3 Å². The van der Waals surface area contributed by atoms with E-state index in [0.717, 1.165) is 0 Å². The summed E-state index contributed by atoms with van der Waals surface area (Å²) < 4.78 is 41.4. The van der Waals surface area contributed by atoms with Crippen LogP contribution in [0.5, 0.6) is 5.75 Å². The number of ether oxygens (including phenoxy) is 1. The molecule has 0 fully saturated rings. The van der Waals surface area contributed by atoms with Gasteiger partial charge in [0.2, 0.25) is 0 Å². The molecule has 1 N–H and O–H groups in total. The van der Waals surface area contributed by atoms with Gasteiger partial charge in [0, 0.05) is 5.56 Å². The molecular formula is C16H13F3O3. The molecule has 2 aromatic carbocycles. The first kappa shape index (κ1) is 15.9. The summed E-state index contributed by atoms with van der Waals surface area (Å²) in [6.07, 6.45) is -4.79. The Balaban J connectivity index is 2.56. The topological polar surface area (TPSA) is 46.5 Å². The number of aromatic carboxylic acids is 1. The van der Waals surface area contributed by atoms with E-state index in [1.54, 1.807) is 19.9 Å². The van der Waals surface area contributed by atoms with Crippen molar-refractivity contribution in [3.05, 3.63) is 53.1 Å². The Morgan fingerprint density at radius 2 is 1.64 bits per heavy atom. The Morgan fingerprint density at radius 3 is 2.14 bits per heavy atom. The molecule has 0 bridgehead atoms.